The molecular weight excluding hydrogens is 146 g/mol. The van der Waals surface area contributed by atoms with E-state index < -0.39 is 5.97 Å². The van der Waals surface area contributed by atoms with Crippen LogP contribution in [0.25, 0.3) is 0 Å². The van der Waals surface area contributed by atoms with Gasteiger partial charge in [-0.1, -0.05) is 0 Å². The predicted octanol–water partition coefficient (Wildman–Crippen LogP) is -0.470. The normalized spacial score (nSPS) is 19.7. The first-order valence-electron chi connectivity index (χ1n) is 3.52. The number of hydrogen-bond acceptors (Lipinski definition) is 4. The minimum absolute atomic E-state index is 0.264. The largest absolute Gasteiger partial charge is 0.453 e. The molecule has 0 saturated carbocycles. The van der Waals surface area contributed by atoms with Crippen LogP contribution >= 0.6 is 0 Å². The summed E-state index contributed by atoms with van der Waals surface area (Å²) in [5.74, 6) is -0.396. The molecule has 11 heavy (non-hydrogen) atoms. The van der Waals surface area contributed by atoms with E-state index in [1.807, 2.05) is 4.90 Å². The SMILES string of the molecule is [CH]OC(=O)CN1CCOCC1. The van der Waals surface area contributed by atoms with E-state index in [2.05, 4.69) is 11.8 Å². The van der Waals surface area contributed by atoms with Crippen LogP contribution in [0.4, 0.5) is 0 Å². The molecule has 0 aromatic rings. The summed E-state index contributed by atoms with van der Waals surface area (Å²) >= 11 is 0. The van der Waals surface area contributed by atoms with Crippen molar-refractivity contribution < 1.29 is 14.3 Å². The number of rotatable bonds is 2. The van der Waals surface area contributed by atoms with E-state index in [0.29, 0.717) is 13.2 Å². The topological polar surface area (TPSA) is 38.8 Å². The fourth-order valence-corrected chi connectivity index (χ4v) is 0.979. The number of nitrogens with zero attached hydrogens (tertiary/aromatic N) is 1. The van der Waals surface area contributed by atoms with Crippen LogP contribution in [0.15, 0.2) is 0 Å². The third-order valence-corrected chi connectivity index (χ3v) is 1.59. The van der Waals surface area contributed by atoms with Crippen molar-refractivity contribution in [1.82, 2.24) is 4.90 Å². The molecule has 1 rings (SSSR count). The molecule has 0 aliphatic carbocycles. The Kier molecular flexibility index (Phi) is 3.32. The molecule has 0 aromatic carbocycles. The van der Waals surface area contributed by atoms with E-state index in [0.717, 1.165) is 13.1 Å². The minimum Gasteiger partial charge on any atom is -0.453 e. The summed E-state index contributed by atoms with van der Waals surface area (Å²) in [5.41, 5.74) is 0. The summed E-state index contributed by atoms with van der Waals surface area (Å²) in [6.45, 7) is 3.17. The maximum Gasteiger partial charge on any atom is 0.320 e. The van der Waals surface area contributed by atoms with Crippen molar-refractivity contribution in [1.29, 1.82) is 0 Å². The molecule has 0 unspecified atom stereocenters. The minimum atomic E-state index is -0.396. The van der Waals surface area contributed by atoms with Gasteiger partial charge in [0.1, 0.15) is 0 Å². The number of esters is 1. The van der Waals surface area contributed by atoms with Gasteiger partial charge in [-0.25, -0.2) is 0 Å². The van der Waals surface area contributed by atoms with Crippen LogP contribution in [-0.4, -0.2) is 43.7 Å². The molecule has 4 nitrogen and oxygen atoms in total. The number of hydrogen-bond donors (Lipinski definition) is 0. The monoisotopic (exact) mass is 157 g/mol. The van der Waals surface area contributed by atoms with Gasteiger partial charge < -0.3 is 9.47 Å². The van der Waals surface area contributed by atoms with Gasteiger partial charge >= 0.3 is 5.97 Å². The zero-order chi connectivity index (χ0) is 8.10. The molecule has 0 aromatic heterocycles. The summed E-state index contributed by atoms with van der Waals surface area (Å²) in [4.78, 5) is 12.6. The molecule has 4 heteroatoms. The fraction of sp³-hybridized carbons (Fsp3) is 0.714. The van der Waals surface area contributed by atoms with E-state index in [1.54, 1.807) is 0 Å². The Balaban J connectivity index is 2.19. The lowest BCUT2D eigenvalue weighted by atomic mass is 10.4. The lowest BCUT2D eigenvalue weighted by molar-refractivity contribution is -0.140. The van der Waals surface area contributed by atoms with Gasteiger partial charge in [0.2, 0.25) is 0 Å². The summed E-state index contributed by atoms with van der Waals surface area (Å²) < 4.78 is 9.12. The average molecular weight is 157 g/mol. The third kappa shape index (κ3) is 2.86. The first-order chi connectivity index (χ1) is 5.33. The Morgan fingerprint density at radius 2 is 2.18 bits per heavy atom. The molecule has 0 spiro atoms. The van der Waals surface area contributed by atoms with Gasteiger partial charge in [-0.2, -0.15) is 0 Å². The van der Waals surface area contributed by atoms with Crippen molar-refractivity contribution >= 4 is 5.97 Å². The highest BCUT2D eigenvalue weighted by Gasteiger charge is 2.13. The first kappa shape index (κ1) is 8.49. The highest BCUT2D eigenvalue weighted by Crippen LogP contribution is 1.96. The second-order valence-corrected chi connectivity index (χ2v) is 2.38. The Bertz CT molecular complexity index is 132. The zero-order valence-corrected chi connectivity index (χ0v) is 6.28. The lowest BCUT2D eigenvalue weighted by Gasteiger charge is -2.24. The standard InChI is InChI=1S/C7H11NO3/c1-10-7(9)6-8-2-4-11-5-3-8/h1H,2-6H2. The van der Waals surface area contributed by atoms with E-state index in [9.17, 15) is 4.79 Å². The van der Waals surface area contributed by atoms with Crippen LogP contribution in [0.5, 0.6) is 0 Å². The number of carbonyl (C=O) groups is 1. The molecule has 1 saturated heterocycles. The van der Waals surface area contributed by atoms with Crippen molar-refractivity contribution in [2.75, 3.05) is 32.8 Å². The molecule has 0 atom stereocenters. The molecule has 1 aliphatic heterocycles. The van der Waals surface area contributed by atoms with Crippen LogP contribution in [0.2, 0.25) is 0 Å². The van der Waals surface area contributed by atoms with Crippen molar-refractivity contribution in [2.45, 2.75) is 0 Å². The van der Waals surface area contributed by atoms with Crippen molar-refractivity contribution in [3.05, 3.63) is 7.11 Å². The number of morpholine rings is 1. The molecular formula is C7H11NO3. The zero-order valence-electron chi connectivity index (χ0n) is 6.28. The molecule has 0 N–H and O–H groups in total. The van der Waals surface area contributed by atoms with Crippen LogP contribution in [0, 0.1) is 7.11 Å². The molecule has 2 radical (unpaired) electrons. The lowest BCUT2D eigenvalue weighted by Crippen LogP contribution is -2.39. The predicted molar refractivity (Wildman–Crippen MR) is 37.7 cm³/mol. The Labute approximate surface area is 66.1 Å². The Morgan fingerprint density at radius 3 is 2.73 bits per heavy atom. The van der Waals surface area contributed by atoms with E-state index in [1.165, 1.54) is 0 Å². The fourth-order valence-electron chi connectivity index (χ4n) is 0.979. The van der Waals surface area contributed by atoms with Gasteiger partial charge in [0.15, 0.2) is 7.11 Å². The van der Waals surface area contributed by atoms with Crippen LogP contribution < -0.4 is 0 Å². The molecule has 1 aliphatic rings. The van der Waals surface area contributed by atoms with Gasteiger partial charge in [0.25, 0.3) is 0 Å². The number of ether oxygens (including phenoxy) is 2. The van der Waals surface area contributed by atoms with Crippen LogP contribution in [0.3, 0.4) is 0 Å². The van der Waals surface area contributed by atoms with Gasteiger partial charge in [0, 0.05) is 13.1 Å². The average Bonchev–Trinajstić information content (AvgIpc) is 2.06. The first-order valence-corrected chi connectivity index (χ1v) is 3.52. The van der Waals surface area contributed by atoms with Crippen molar-refractivity contribution in [2.24, 2.45) is 0 Å². The summed E-state index contributed by atoms with van der Waals surface area (Å²) in [6, 6.07) is 0. The molecule has 0 amide bonds. The second kappa shape index (κ2) is 4.31. The van der Waals surface area contributed by atoms with Crippen molar-refractivity contribution in [3.63, 3.8) is 0 Å². The maximum atomic E-state index is 10.7. The Morgan fingerprint density at radius 1 is 1.55 bits per heavy atom. The third-order valence-electron chi connectivity index (χ3n) is 1.59. The molecule has 1 fully saturated rings. The van der Waals surface area contributed by atoms with Gasteiger partial charge in [0.05, 0.1) is 19.8 Å². The smallest absolute Gasteiger partial charge is 0.320 e. The Hall–Kier alpha value is -0.610. The molecule has 62 valence electrons. The highest BCUT2D eigenvalue weighted by molar-refractivity contribution is 5.71. The van der Waals surface area contributed by atoms with Crippen molar-refractivity contribution in [3.8, 4) is 0 Å². The van der Waals surface area contributed by atoms with E-state index in [-0.39, 0.29) is 6.54 Å². The maximum absolute atomic E-state index is 10.7. The second-order valence-electron chi connectivity index (χ2n) is 2.38. The van der Waals surface area contributed by atoms with E-state index >= 15 is 0 Å². The number of carbonyl (C=O) groups excluding carboxylic acids is 1. The summed E-state index contributed by atoms with van der Waals surface area (Å²) in [5, 5.41) is 0. The quantitative estimate of drug-likeness (QED) is 0.508. The van der Waals surface area contributed by atoms with Gasteiger partial charge in [-0.3, -0.25) is 9.69 Å². The molecule has 1 heterocycles. The van der Waals surface area contributed by atoms with Crippen LogP contribution in [-0.2, 0) is 14.3 Å². The van der Waals surface area contributed by atoms with E-state index in [4.69, 9.17) is 4.74 Å². The summed E-state index contributed by atoms with van der Waals surface area (Å²) in [7, 11) is 4.68. The highest BCUT2D eigenvalue weighted by atomic mass is 16.5. The van der Waals surface area contributed by atoms with Crippen LogP contribution in [0.1, 0.15) is 0 Å². The van der Waals surface area contributed by atoms with Gasteiger partial charge in [-0.05, 0) is 0 Å². The molecule has 0 bridgehead atoms. The summed E-state index contributed by atoms with van der Waals surface area (Å²) in [6.07, 6.45) is 0. The van der Waals surface area contributed by atoms with Gasteiger partial charge in [-0.15, -0.1) is 0 Å².